The van der Waals surface area contributed by atoms with E-state index in [1.165, 1.54) is 19.3 Å². The zero-order valence-electron chi connectivity index (χ0n) is 16.9. The highest BCUT2D eigenvalue weighted by molar-refractivity contribution is 5.91. The molecule has 0 spiro atoms. The lowest BCUT2D eigenvalue weighted by molar-refractivity contribution is 0.0734. The molecule has 2 aromatic carbocycles. The lowest BCUT2D eigenvalue weighted by Gasteiger charge is -2.07. The summed E-state index contributed by atoms with van der Waals surface area (Å²) in [6, 6.07) is 16.0. The van der Waals surface area contributed by atoms with Crippen LogP contribution in [0.2, 0.25) is 0 Å². The van der Waals surface area contributed by atoms with Crippen molar-refractivity contribution in [2.24, 2.45) is 0 Å². The average molecular weight is 390 g/mol. The normalized spacial score (nSPS) is 10.6. The van der Waals surface area contributed by atoms with Gasteiger partial charge in [-0.25, -0.2) is 14.8 Å². The van der Waals surface area contributed by atoms with Crippen LogP contribution < -0.4 is 9.47 Å². The Morgan fingerprint density at radius 3 is 2.31 bits per heavy atom. The van der Waals surface area contributed by atoms with E-state index in [4.69, 9.17) is 9.47 Å². The largest absolute Gasteiger partial charge is 0.497 e. The first-order valence-electron chi connectivity index (χ1n) is 9.98. The maximum absolute atomic E-state index is 12.3. The highest BCUT2D eigenvalue weighted by Crippen LogP contribution is 2.21. The predicted molar refractivity (Wildman–Crippen MR) is 113 cm³/mol. The lowest BCUT2D eigenvalue weighted by Crippen LogP contribution is -2.08. The van der Waals surface area contributed by atoms with Gasteiger partial charge in [0.15, 0.2) is 5.82 Å². The molecule has 0 radical (unpaired) electrons. The van der Waals surface area contributed by atoms with E-state index < -0.39 is 5.97 Å². The van der Waals surface area contributed by atoms with E-state index in [0.29, 0.717) is 22.9 Å². The molecule has 5 heteroatoms. The quantitative estimate of drug-likeness (QED) is 0.274. The number of ether oxygens (including phenoxy) is 2. The Morgan fingerprint density at radius 1 is 0.897 bits per heavy atom. The molecule has 1 aromatic heterocycles. The van der Waals surface area contributed by atoms with Crippen LogP contribution in [0.15, 0.2) is 60.8 Å². The SMILES string of the molecule is CCCCCCc1ccnc(-c2ccc(OC(=O)c3ccc(OC)cc3)cc2)n1. The standard InChI is InChI=1S/C24H26N2O3/c1-3-4-5-6-7-20-16-17-25-23(26-20)18-8-14-22(15-9-18)29-24(27)19-10-12-21(28-2)13-11-19/h8-17H,3-7H2,1-2H3. The number of esters is 1. The molecule has 0 aliphatic heterocycles. The second kappa shape index (κ2) is 10.4. The van der Waals surface area contributed by atoms with Gasteiger partial charge in [0.1, 0.15) is 11.5 Å². The van der Waals surface area contributed by atoms with Gasteiger partial charge < -0.3 is 9.47 Å². The number of rotatable bonds is 9. The Morgan fingerprint density at radius 2 is 1.62 bits per heavy atom. The van der Waals surface area contributed by atoms with Crippen molar-refractivity contribution in [1.82, 2.24) is 9.97 Å². The summed E-state index contributed by atoms with van der Waals surface area (Å²) in [7, 11) is 1.58. The highest BCUT2D eigenvalue weighted by Gasteiger charge is 2.10. The number of unbranched alkanes of at least 4 members (excludes halogenated alkanes) is 3. The fourth-order valence-electron chi connectivity index (χ4n) is 2.97. The highest BCUT2D eigenvalue weighted by atomic mass is 16.5. The van der Waals surface area contributed by atoms with Crippen molar-refractivity contribution < 1.29 is 14.3 Å². The van der Waals surface area contributed by atoms with Gasteiger partial charge in [0, 0.05) is 17.5 Å². The molecule has 5 nitrogen and oxygen atoms in total. The van der Waals surface area contributed by atoms with Crippen molar-refractivity contribution >= 4 is 5.97 Å². The second-order valence-corrected chi connectivity index (χ2v) is 6.82. The zero-order valence-corrected chi connectivity index (χ0v) is 16.9. The molecule has 0 saturated carbocycles. The molecule has 0 unspecified atom stereocenters. The first kappa shape index (κ1) is 20.5. The van der Waals surface area contributed by atoms with E-state index in [9.17, 15) is 4.79 Å². The van der Waals surface area contributed by atoms with Gasteiger partial charge >= 0.3 is 5.97 Å². The summed E-state index contributed by atoms with van der Waals surface area (Å²) in [5, 5.41) is 0. The number of aryl methyl sites for hydroxylation is 1. The maximum atomic E-state index is 12.3. The Labute approximate surface area is 171 Å². The molecular weight excluding hydrogens is 364 g/mol. The van der Waals surface area contributed by atoms with Crippen LogP contribution in [0.25, 0.3) is 11.4 Å². The summed E-state index contributed by atoms with van der Waals surface area (Å²) in [5.74, 6) is 1.44. The van der Waals surface area contributed by atoms with Crippen LogP contribution >= 0.6 is 0 Å². The molecule has 29 heavy (non-hydrogen) atoms. The first-order valence-corrected chi connectivity index (χ1v) is 9.98. The van der Waals surface area contributed by atoms with Gasteiger partial charge in [0.2, 0.25) is 0 Å². The van der Waals surface area contributed by atoms with Crippen LogP contribution in [0.5, 0.6) is 11.5 Å². The van der Waals surface area contributed by atoms with Crippen molar-refractivity contribution in [3.8, 4) is 22.9 Å². The number of benzene rings is 2. The monoisotopic (exact) mass is 390 g/mol. The number of hydrogen-bond acceptors (Lipinski definition) is 5. The van der Waals surface area contributed by atoms with E-state index in [1.54, 1.807) is 49.7 Å². The van der Waals surface area contributed by atoms with E-state index in [2.05, 4.69) is 16.9 Å². The molecular formula is C24H26N2O3. The summed E-state index contributed by atoms with van der Waals surface area (Å²) in [4.78, 5) is 21.3. The first-order chi connectivity index (χ1) is 14.2. The Hall–Kier alpha value is -3.21. The van der Waals surface area contributed by atoms with Gasteiger partial charge in [-0.05, 0) is 67.4 Å². The van der Waals surface area contributed by atoms with E-state index in [0.717, 1.165) is 24.1 Å². The van der Waals surface area contributed by atoms with Gasteiger partial charge in [0.25, 0.3) is 0 Å². The minimum absolute atomic E-state index is 0.411. The van der Waals surface area contributed by atoms with Crippen LogP contribution in [0.1, 0.15) is 48.7 Å². The van der Waals surface area contributed by atoms with Gasteiger partial charge in [-0.15, -0.1) is 0 Å². The molecule has 150 valence electrons. The van der Waals surface area contributed by atoms with Crippen LogP contribution in [-0.4, -0.2) is 23.0 Å². The van der Waals surface area contributed by atoms with Crippen molar-refractivity contribution in [2.45, 2.75) is 39.0 Å². The molecule has 0 aliphatic rings. The van der Waals surface area contributed by atoms with Gasteiger partial charge in [-0.2, -0.15) is 0 Å². The fraction of sp³-hybridized carbons (Fsp3) is 0.292. The number of hydrogen-bond donors (Lipinski definition) is 0. The molecule has 1 heterocycles. The second-order valence-electron chi connectivity index (χ2n) is 6.82. The number of aromatic nitrogens is 2. The zero-order chi connectivity index (χ0) is 20.5. The van der Waals surface area contributed by atoms with Crippen LogP contribution in [0.3, 0.4) is 0 Å². The summed E-state index contributed by atoms with van der Waals surface area (Å²) >= 11 is 0. The predicted octanol–water partition coefficient (Wildman–Crippen LogP) is 5.49. The smallest absolute Gasteiger partial charge is 0.343 e. The Bertz CT molecular complexity index is 922. The molecule has 0 amide bonds. The summed E-state index contributed by atoms with van der Waals surface area (Å²) < 4.78 is 10.5. The minimum atomic E-state index is -0.411. The van der Waals surface area contributed by atoms with E-state index in [1.807, 2.05) is 18.2 Å². The molecule has 0 atom stereocenters. The molecule has 3 aromatic rings. The third-order valence-corrected chi connectivity index (χ3v) is 4.65. The lowest BCUT2D eigenvalue weighted by atomic mass is 10.1. The Balaban J connectivity index is 1.63. The third kappa shape index (κ3) is 5.88. The van der Waals surface area contributed by atoms with Gasteiger partial charge in [0.05, 0.1) is 12.7 Å². The van der Waals surface area contributed by atoms with Crippen LogP contribution in [0.4, 0.5) is 0 Å². The van der Waals surface area contributed by atoms with E-state index in [-0.39, 0.29) is 0 Å². The van der Waals surface area contributed by atoms with Crippen molar-refractivity contribution in [1.29, 1.82) is 0 Å². The average Bonchev–Trinajstić information content (AvgIpc) is 2.77. The van der Waals surface area contributed by atoms with Crippen LogP contribution in [0, 0.1) is 0 Å². The molecule has 0 bridgehead atoms. The molecule has 3 rings (SSSR count). The molecule has 0 saturated heterocycles. The van der Waals surface area contributed by atoms with E-state index >= 15 is 0 Å². The number of carbonyl (C=O) groups is 1. The number of methoxy groups -OCH3 is 1. The maximum Gasteiger partial charge on any atom is 0.343 e. The number of carbonyl (C=O) groups excluding carboxylic acids is 1. The minimum Gasteiger partial charge on any atom is -0.497 e. The van der Waals surface area contributed by atoms with Gasteiger partial charge in [-0.1, -0.05) is 26.2 Å². The summed E-state index contributed by atoms with van der Waals surface area (Å²) in [6.07, 6.45) is 7.62. The number of nitrogens with zero attached hydrogens (tertiary/aromatic N) is 2. The fourth-order valence-corrected chi connectivity index (χ4v) is 2.97. The summed E-state index contributed by atoms with van der Waals surface area (Å²) in [6.45, 7) is 2.21. The topological polar surface area (TPSA) is 61.3 Å². The van der Waals surface area contributed by atoms with Crippen molar-refractivity contribution in [2.75, 3.05) is 7.11 Å². The van der Waals surface area contributed by atoms with Crippen LogP contribution in [-0.2, 0) is 6.42 Å². The molecule has 0 aliphatic carbocycles. The third-order valence-electron chi connectivity index (χ3n) is 4.65. The Kier molecular flexibility index (Phi) is 7.34. The van der Waals surface area contributed by atoms with Gasteiger partial charge in [-0.3, -0.25) is 0 Å². The van der Waals surface area contributed by atoms with Crippen molar-refractivity contribution in [3.63, 3.8) is 0 Å². The summed E-state index contributed by atoms with van der Waals surface area (Å²) in [5.41, 5.74) is 2.42. The molecule has 0 fully saturated rings. The van der Waals surface area contributed by atoms with Crippen molar-refractivity contribution in [3.05, 3.63) is 72.1 Å². The molecule has 0 N–H and O–H groups in total.